The third-order valence-corrected chi connectivity index (χ3v) is 17.9. The first-order chi connectivity index (χ1) is 41.5. The minimum Gasteiger partial charge on any atom is -0.493 e. The van der Waals surface area contributed by atoms with Crippen LogP contribution >= 0.6 is 0 Å². The van der Waals surface area contributed by atoms with Crippen molar-refractivity contribution < 1.29 is 47.9 Å². The van der Waals surface area contributed by atoms with Gasteiger partial charge in [-0.05, 0) is 185 Å². The number of carbonyl (C=O) groups is 3. The number of methoxy groups -OCH3 is 6. The summed E-state index contributed by atoms with van der Waals surface area (Å²) in [6, 6.07) is 43.2. The average molecular weight is 1150 g/mol. The molecule has 1 atom stereocenters. The smallest absolute Gasteiger partial charge is 0.189 e. The minimum absolute atomic E-state index is 0.109. The van der Waals surface area contributed by atoms with Crippen LogP contribution in [0.2, 0.25) is 0 Å². The molecule has 3 fully saturated rings. The van der Waals surface area contributed by atoms with Gasteiger partial charge < -0.3 is 33.5 Å². The second-order valence-electron chi connectivity index (χ2n) is 23.4. The summed E-state index contributed by atoms with van der Waals surface area (Å²) in [5.41, 5.74) is 10.6. The molecule has 450 valence electrons. The Bertz CT molecular complexity index is 3180. The zero-order chi connectivity index (χ0) is 59.7. The van der Waals surface area contributed by atoms with E-state index >= 15 is 0 Å². The summed E-state index contributed by atoms with van der Waals surface area (Å²) in [4.78, 5) is 44.8. The molecule has 3 aliphatic carbocycles. The molecule has 6 aromatic carbocycles. The van der Waals surface area contributed by atoms with E-state index in [1.54, 1.807) is 48.7 Å². The van der Waals surface area contributed by atoms with Crippen molar-refractivity contribution in [3.63, 3.8) is 0 Å². The maximum atomic E-state index is 12.9. The Labute approximate surface area is 503 Å². The van der Waals surface area contributed by atoms with Crippen LogP contribution in [-0.4, -0.2) is 126 Å². The standard InChI is InChI=1S/C24H29NO3.C24H27NO3.C13H19NO.C11H12O3/c2*1-27-22-14-19-13-20(24(26)21(19)15-23(22)28-2)12-17-8-10-25(11-9-17)16-18-6-4-3-5-7-18;15-11-13-6-8-14(9-7-13)10-12-4-2-1-3-5-12;1-13-10-5-7-3-4-9(12)8(7)6-11(10)14-2/h3-7,14-15,17,20H,8-13,16H2,1-2H3;3-7,12,14-15,17H,8-11,13,16H2,1-2H3;1-5,13,15H,6-11H2;5-6H,3-4H2,1-2H3. The molecule has 3 aliphatic heterocycles. The number of hydrogen-bond donors (Lipinski definition) is 1. The molecule has 13 heteroatoms. The lowest BCUT2D eigenvalue weighted by atomic mass is 9.85. The van der Waals surface area contributed by atoms with Gasteiger partial charge in [-0.2, -0.15) is 0 Å². The van der Waals surface area contributed by atoms with E-state index in [1.807, 2.05) is 30.3 Å². The zero-order valence-corrected chi connectivity index (χ0v) is 50.8. The van der Waals surface area contributed by atoms with Crippen molar-refractivity contribution in [3.8, 4) is 34.5 Å². The van der Waals surface area contributed by atoms with Crippen LogP contribution in [0, 0.1) is 23.7 Å². The molecule has 6 aliphatic rings. The first-order valence-corrected chi connectivity index (χ1v) is 30.5. The number of Topliss-reactive ketones (excluding diaryl/α,β-unsaturated/α-hetero) is 3. The maximum absolute atomic E-state index is 12.9. The SMILES string of the molecule is COc1cc2c(cc1OC)C(=O)C(=CC1CCN(Cc3ccccc3)CC1)C2.COc1cc2c(cc1OC)C(=O)C(CC1CCN(Cc3ccccc3)CC1)C2.COc1cc2c(cc1OC)C(=O)CC2.OCC1CCN(Cc2ccccc2)CC1. The highest BCUT2D eigenvalue weighted by Gasteiger charge is 2.35. The van der Waals surface area contributed by atoms with Crippen molar-refractivity contribution in [2.45, 2.75) is 90.3 Å². The van der Waals surface area contributed by atoms with Crippen molar-refractivity contribution in [1.29, 1.82) is 0 Å². The molecule has 0 radical (unpaired) electrons. The van der Waals surface area contributed by atoms with Gasteiger partial charge in [0.15, 0.2) is 51.8 Å². The fourth-order valence-electron chi connectivity index (χ4n) is 12.9. The Morgan fingerprint density at radius 3 is 1.32 bits per heavy atom. The predicted octanol–water partition coefficient (Wildman–Crippen LogP) is 12.4. The number of piperidine rings is 3. The first-order valence-electron chi connectivity index (χ1n) is 30.5. The minimum atomic E-state index is 0.109. The molecule has 0 saturated carbocycles. The number of aliphatic hydroxyl groups is 1. The fraction of sp³-hybridized carbons (Fsp3) is 0.431. The molecule has 85 heavy (non-hydrogen) atoms. The molecule has 13 nitrogen and oxygen atoms in total. The summed E-state index contributed by atoms with van der Waals surface area (Å²) in [5.74, 6) is 6.36. The monoisotopic (exact) mass is 1150 g/mol. The van der Waals surface area contributed by atoms with Crippen LogP contribution in [0.4, 0.5) is 0 Å². The molecule has 0 amide bonds. The molecular weight excluding hydrogens is 1070 g/mol. The van der Waals surface area contributed by atoms with E-state index in [0.29, 0.717) is 71.7 Å². The van der Waals surface area contributed by atoms with Gasteiger partial charge in [0.25, 0.3) is 0 Å². The van der Waals surface area contributed by atoms with Crippen molar-refractivity contribution in [2.24, 2.45) is 23.7 Å². The summed E-state index contributed by atoms with van der Waals surface area (Å²) in [6.45, 7) is 10.1. The third kappa shape index (κ3) is 16.4. The van der Waals surface area contributed by atoms with E-state index in [-0.39, 0.29) is 23.3 Å². The molecule has 12 rings (SSSR count). The number of benzene rings is 6. The van der Waals surface area contributed by atoms with Gasteiger partial charge in [0, 0.05) is 67.3 Å². The van der Waals surface area contributed by atoms with Crippen molar-refractivity contribution >= 4 is 17.3 Å². The molecule has 0 bridgehead atoms. The van der Waals surface area contributed by atoms with Crippen molar-refractivity contribution in [1.82, 2.24) is 14.7 Å². The van der Waals surface area contributed by atoms with Gasteiger partial charge >= 0.3 is 0 Å². The Balaban J connectivity index is 0.000000142. The number of allylic oxidation sites excluding steroid dienone is 2. The molecule has 0 aromatic heterocycles. The van der Waals surface area contributed by atoms with Crippen LogP contribution in [0.1, 0.15) is 116 Å². The van der Waals surface area contributed by atoms with Gasteiger partial charge in [-0.15, -0.1) is 0 Å². The average Bonchev–Trinajstić information content (AvgIpc) is 4.04. The quantitative estimate of drug-likeness (QED) is 0.0922. The van der Waals surface area contributed by atoms with Crippen LogP contribution in [0.15, 0.2) is 139 Å². The predicted molar refractivity (Wildman–Crippen MR) is 334 cm³/mol. The normalized spacial score (nSPS) is 18.6. The molecule has 3 heterocycles. The number of ether oxygens (including phenoxy) is 6. The second-order valence-corrected chi connectivity index (χ2v) is 23.4. The Morgan fingerprint density at radius 2 is 0.859 bits per heavy atom. The number of aliphatic hydroxyl groups excluding tert-OH is 1. The molecule has 0 spiro atoms. The lowest BCUT2D eigenvalue weighted by molar-refractivity contribution is 0.0894. The van der Waals surface area contributed by atoms with Crippen LogP contribution in [0.25, 0.3) is 0 Å². The van der Waals surface area contributed by atoms with Gasteiger partial charge in [-0.1, -0.05) is 97.1 Å². The van der Waals surface area contributed by atoms with Crippen LogP contribution in [-0.2, 0) is 38.9 Å². The van der Waals surface area contributed by atoms with Crippen LogP contribution < -0.4 is 28.4 Å². The summed E-state index contributed by atoms with van der Waals surface area (Å²) in [7, 11) is 9.65. The molecular formula is C72H87N3O10. The van der Waals surface area contributed by atoms with Gasteiger partial charge in [0.2, 0.25) is 0 Å². The number of likely N-dealkylation sites (tertiary alicyclic amines) is 3. The zero-order valence-electron chi connectivity index (χ0n) is 50.8. The number of carbonyl (C=O) groups excluding carboxylic acids is 3. The summed E-state index contributed by atoms with van der Waals surface area (Å²) < 4.78 is 31.8. The topological polar surface area (TPSA) is 137 Å². The van der Waals surface area contributed by atoms with Crippen LogP contribution in [0.3, 0.4) is 0 Å². The maximum Gasteiger partial charge on any atom is 0.189 e. The number of rotatable bonds is 16. The number of nitrogens with zero attached hydrogens (tertiary/aromatic N) is 3. The molecule has 3 saturated heterocycles. The van der Waals surface area contributed by atoms with E-state index in [0.717, 1.165) is 143 Å². The number of hydrogen-bond acceptors (Lipinski definition) is 13. The van der Waals surface area contributed by atoms with Crippen molar-refractivity contribution in [3.05, 3.63) is 189 Å². The second kappa shape index (κ2) is 30.7. The first kappa shape index (κ1) is 62.2. The van der Waals surface area contributed by atoms with Gasteiger partial charge in [0.05, 0.1) is 42.7 Å². The fourth-order valence-corrected chi connectivity index (χ4v) is 12.9. The van der Waals surface area contributed by atoms with E-state index in [1.165, 1.54) is 29.5 Å². The lowest BCUT2D eigenvalue weighted by Crippen LogP contribution is -2.34. The van der Waals surface area contributed by atoms with Gasteiger partial charge in [-0.3, -0.25) is 29.1 Å². The molecule has 1 unspecified atom stereocenters. The number of ketones is 3. The highest BCUT2D eigenvalue weighted by atomic mass is 16.5. The van der Waals surface area contributed by atoms with E-state index in [4.69, 9.17) is 33.5 Å². The number of fused-ring (bicyclic) bond motifs is 3. The summed E-state index contributed by atoms with van der Waals surface area (Å²) in [6.07, 6.45) is 13.0. The highest BCUT2D eigenvalue weighted by molar-refractivity contribution is 6.13. The number of aryl methyl sites for hydroxylation is 1. The van der Waals surface area contributed by atoms with Crippen LogP contribution in [0.5, 0.6) is 34.5 Å². The van der Waals surface area contributed by atoms with Gasteiger partial charge in [0.1, 0.15) is 0 Å². The molecule has 6 aromatic rings. The molecule has 1 N–H and O–H groups in total. The van der Waals surface area contributed by atoms with E-state index in [2.05, 4.69) is 112 Å². The van der Waals surface area contributed by atoms with E-state index < -0.39 is 0 Å². The van der Waals surface area contributed by atoms with Gasteiger partial charge in [-0.25, -0.2) is 0 Å². The lowest BCUT2D eigenvalue weighted by Gasteiger charge is -2.32. The van der Waals surface area contributed by atoms with Crippen molar-refractivity contribution in [2.75, 3.05) is 88.5 Å². The highest BCUT2D eigenvalue weighted by Crippen LogP contribution is 2.41. The Morgan fingerprint density at radius 1 is 0.459 bits per heavy atom. The van der Waals surface area contributed by atoms with E-state index in [9.17, 15) is 14.4 Å². The third-order valence-electron chi connectivity index (χ3n) is 17.9. The largest absolute Gasteiger partial charge is 0.493 e. The summed E-state index contributed by atoms with van der Waals surface area (Å²) >= 11 is 0. The Kier molecular flexibility index (Phi) is 22.5. The summed E-state index contributed by atoms with van der Waals surface area (Å²) in [5, 5.41) is 9.05. The Hall–Kier alpha value is -7.29.